The Labute approximate surface area is 99.6 Å². The predicted molar refractivity (Wildman–Crippen MR) is 67.0 cm³/mol. The first-order valence-electron chi connectivity index (χ1n) is 5.47. The fourth-order valence-electron chi connectivity index (χ4n) is 2.08. The van der Waals surface area contributed by atoms with E-state index in [-0.39, 0.29) is 5.54 Å². The molecule has 0 radical (unpaired) electrons. The van der Waals surface area contributed by atoms with Gasteiger partial charge in [-0.05, 0) is 54.6 Å². The molecular formula is C12H17BrN2. The van der Waals surface area contributed by atoms with Gasteiger partial charge in [-0.1, -0.05) is 6.42 Å². The lowest BCUT2D eigenvalue weighted by molar-refractivity contribution is 0.215. The van der Waals surface area contributed by atoms with Gasteiger partial charge < -0.3 is 5.32 Å². The summed E-state index contributed by atoms with van der Waals surface area (Å²) >= 11 is 3.44. The summed E-state index contributed by atoms with van der Waals surface area (Å²) < 4.78 is 1.02. The Kier molecular flexibility index (Phi) is 3.01. The minimum atomic E-state index is 0.181. The molecule has 0 spiro atoms. The summed E-state index contributed by atoms with van der Waals surface area (Å²) in [5.74, 6) is 0.802. The largest absolute Gasteiger partial charge is 0.379 e. The Morgan fingerprint density at radius 1 is 1.40 bits per heavy atom. The van der Waals surface area contributed by atoms with Gasteiger partial charge in [-0.2, -0.15) is 0 Å². The number of rotatable bonds is 3. The van der Waals surface area contributed by atoms with E-state index in [4.69, 9.17) is 0 Å². The molecule has 0 unspecified atom stereocenters. The van der Waals surface area contributed by atoms with Crippen LogP contribution in [0.2, 0.25) is 0 Å². The first kappa shape index (κ1) is 10.9. The Morgan fingerprint density at radius 3 is 2.67 bits per heavy atom. The second-order valence-electron chi connectivity index (χ2n) is 4.87. The number of nitrogens with zero attached hydrogens (tertiary/aromatic N) is 1. The molecule has 1 fully saturated rings. The van der Waals surface area contributed by atoms with Crippen LogP contribution in [-0.4, -0.2) is 10.5 Å². The zero-order chi connectivity index (χ0) is 10.9. The van der Waals surface area contributed by atoms with Crippen LogP contribution in [0, 0.1) is 5.92 Å². The Balaban J connectivity index is 2.06. The van der Waals surface area contributed by atoms with Crippen LogP contribution in [0.4, 0.5) is 5.69 Å². The first-order valence-corrected chi connectivity index (χ1v) is 6.26. The molecule has 15 heavy (non-hydrogen) atoms. The van der Waals surface area contributed by atoms with Crippen LogP contribution >= 0.6 is 15.9 Å². The van der Waals surface area contributed by atoms with E-state index in [0.717, 1.165) is 16.1 Å². The van der Waals surface area contributed by atoms with E-state index in [0.29, 0.717) is 0 Å². The van der Waals surface area contributed by atoms with Crippen molar-refractivity contribution in [2.45, 2.75) is 38.6 Å². The number of aromatic nitrogens is 1. The minimum Gasteiger partial charge on any atom is -0.379 e. The average molecular weight is 269 g/mol. The topological polar surface area (TPSA) is 24.9 Å². The zero-order valence-electron chi connectivity index (χ0n) is 9.26. The highest BCUT2D eigenvalue weighted by Gasteiger charge is 2.33. The number of hydrogen-bond acceptors (Lipinski definition) is 2. The van der Waals surface area contributed by atoms with Gasteiger partial charge in [0.25, 0.3) is 0 Å². The highest BCUT2D eigenvalue weighted by atomic mass is 79.9. The highest BCUT2D eigenvalue weighted by Crippen LogP contribution is 2.37. The van der Waals surface area contributed by atoms with Crippen LogP contribution in [0.1, 0.15) is 33.1 Å². The smallest absolute Gasteiger partial charge is 0.0542 e. The number of nitrogens with one attached hydrogen (secondary N) is 1. The van der Waals surface area contributed by atoms with Crippen LogP contribution in [0.5, 0.6) is 0 Å². The summed E-state index contributed by atoms with van der Waals surface area (Å²) in [5.41, 5.74) is 1.28. The third-order valence-electron chi connectivity index (χ3n) is 3.30. The van der Waals surface area contributed by atoms with Crippen LogP contribution in [0.25, 0.3) is 0 Å². The SMILES string of the molecule is CC(C)(Nc1cncc(Br)c1)C1CCC1. The van der Waals surface area contributed by atoms with Crippen molar-refractivity contribution >= 4 is 21.6 Å². The summed E-state index contributed by atoms with van der Waals surface area (Å²) in [6, 6.07) is 2.08. The fourth-order valence-corrected chi connectivity index (χ4v) is 2.45. The number of hydrogen-bond donors (Lipinski definition) is 1. The van der Waals surface area contributed by atoms with E-state index in [1.807, 2.05) is 12.4 Å². The lowest BCUT2D eigenvalue weighted by Crippen LogP contribution is -2.43. The van der Waals surface area contributed by atoms with Crippen LogP contribution in [0.15, 0.2) is 22.9 Å². The van der Waals surface area contributed by atoms with E-state index >= 15 is 0 Å². The zero-order valence-corrected chi connectivity index (χ0v) is 10.8. The molecule has 2 nitrogen and oxygen atoms in total. The molecule has 82 valence electrons. The highest BCUT2D eigenvalue weighted by molar-refractivity contribution is 9.10. The van der Waals surface area contributed by atoms with Crippen molar-refractivity contribution in [1.29, 1.82) is 0 Å². The third kappa shape index (κ3) is 2.51. The monoisotopic (exact) mass is 268 g/mol. The predicted octanol–water partition coefficient (Wildman–Crippen LogP) is 3.83. The molecule has 0 atom stereocenters. The molecule has 3 heteroatoms. The normalized spacial score (nSPS) is 17.3. The molecular weight excluding hydrogens is 252 g/mol. The molecule has 1 aliphatic rings. The summed E-state index contributed by atoms with van der Waals surface area (Å²) in [5, 5.41) is 3.57. The van der Waals surface area contributed by atoms with Crippen LogP contribution in [0.3, 0.4) is 0 Å². The van der Waals surface area contributed by atoms with Crippen LogP contribution in [-0.2, 0) is 0 Å². The fraction of sp³-hybridized carbons (Fsp3) is 0.583. The van der Waals surface area contributed by atoms with Gasteiger partial charge in [0.05, 0.1) is 11.9 Å². The van der Waals surface area contributed by atoms with E-state index in [1.54, 1.807) is 0 Å². The standard InChI is InChI=1S/C12H17BrN2/c1-12(2,9-4-3-5-9)15-11-6-10(13)7-14-8-11/h6-9,15H,3-5H2,1-2H3. The minimum absolute atomic E-state index is 0.181. The van der Waals surface area contributed by atoms with Crippen molar-refractivity contribution in [3.63, 3.8) is 0 Å². The van der Waals surface area contributed by atoms with Gasteiger partial charge >= 0.3 is 0 Å². The van der Waals surface area contributed by atoms with Crippen molar-refractivity contribution in [1.82, 2.24) is 4.98 Å². The average Bonchev–Trinajstić information content (AvgIpc) is 1.97. The van der Waals surface area contributed by atoms with Crippen molar-refractivity contribution in [2.75, 3.05) is 5.32 Å². The van der Waals surface area contributed by atoms with Gasteiger partial charge in [0.2, 0.25) is 0 Å². The number of pyridine rings is 1. The maximum atomic E-state index is 4.16. The van der Waals surface area contributed by atoms with Crippen molar-refractivity contribution in [3.8, 4) is 0 Å². The molecule has 1 heterocycles. The third-order valence-corrected chi connectivity index (χ3v) is 3.73. The second kappa shape index (κ2) is 4.12. The molecule has 1 saturated carbocycles. The van der Waals surface area contributed by atoms with Gasteiger partial charge in [-0.25, -0.2) is 0 Å². The number of halogens is 1. The Morgan fingerprint density at radius 2 is 2.13 bits per heavy atom. The van der Waals surface area contributed by atoms with Crippen molar-refractivity contribution in [2.24, 2.45) is 5.92 Å². The van der Waals surface area contributed by atoms with Gasteiger partial charge in [0.15, 0.2) is 0 Å². The molecule has 0 aliphatic heterocycles. The van der Waals surface area contributed by atoms with E-state index in [1.165, 1.54) is 19.3 Å². The van der Waals surface area contributed by atoms with E-state index < -0.39 is 0 Å². The van der Waals surface area contributed by atoms with Gasteiger partial charge in [0.1, 0.15) is 0 Å². The maximum absolute atomic E-state index is 4.16. The second-order valence-corrected chi connectivity index (χ2v) is 5.78. The summed E-state index contributed by atoms with van der Waals surface area (Å²) in [6.07, 6.45) is 7.77. The molecule has 0 bridgehead atoms. The molecule has 1 aromatic rings. The molecule has 1 aliphatic carbocycles. The Hall–Kier alpha value is -0.570. The molecule has 0 amide bonds. The van der Waals surface area contributed by atoms with Gasteiger partial charge in [-0.3, -0.25) is 4.98 Å². The van der Waals surface area contributed by atoms with Crippen molar-refractivity contribution in [3.05, 3.63) is 22.9 Å². The van der Waals surface area contributed by atoms with E-state index in [9.17, 15) is 0 Å². The maximum Gasteiger partial charge on any atom is 0.0542 e. The van der Waals surface area contributed by atoms with E-state index in [2.05, 4.69) is 46.1 Å². The molecule has 0 aromatic carbocycles. The first-order chi connectivity index (χ1) is 7.08. The molecule has 2 rings (SSSR count). The summed E-state index contributed by atoms with van der Waals surface area (Å²) in [4.78, 5) is 4.16. The molecule has 1 aromatic heterocycles. The summed E-state index contributed by atoms with van der Waals surface area (Å²) in [6.45, 7) is 4.55. The van der Waals surface area contributed by atoms with Gasteiger partial charge in [0, 0.05) is 16.2 Å². The Bertz CT molecular complexity index is 345. The van der Waals surface area contributed by atoms with Gasteiger partial charge in [-0.15, -0.1) is 0 Å². The molecule has 1 N–H and O–H groups in total. The van der Waals surface area contributed by atoms with Crippen LogP contribution < -0.4 is 5.32 Å². The number of anilines is 1. The quantitative estimate of drug-likeness (QED) is 0.901. The van der Waals surface area contributed by atoms with Crippen molar-refractivity contribution < 1.29 is 0 Å². The lowest BCUT2D eigenvalue weighted by Gasteiger charge is -2.41. The summed E-state index contributed by atoms with van der Waals surface area (Å²) in [7, 11) is 0. The lowest BCUT2D eigenvalue weighted by atomic mass is 9.72. The molecule has 0 saturated heterocycles.